The largest absolute Gasteiger partial charge is 0.486 e. The average molecular weight is 343 g/mol. The van der Waals surface area contributed by atoms with Crippen molar-refractivity contribution in [2.24, 2.45) is 0 Å². The smallest absolute Gasteiger partial charge is 0.233 e. The number of benzene rings is 1. The summed E-state index contributed by atoms with van der Waals surface area (Å²) in [4.78, 5) is 11.5. The summed E-state index contributed by atoms with van der Waals surface area (Å²) in [5.74, 6) is 1.52. The third-order valence-electron chi connectivity index (χ3n) is 2.84. The van der Waals surface area contributed by atoms with Gasteiger partial charge in [0.25, 0.3) is 0 Å². The number of carbonyl (C=O) groups excluding carboxylic acids is 1. The zero-order valence-corrected chi connectivity index (χ0v) is 13.1. The minimum Gasteiger partial charge on any atom is -0.486 e. The number of ether oxygens (including phenoxy) is 2. The predicted octanol–water partition coefficient (Wildman–Crippen LogP) is 1.84. The molecule has 6 heteroatoms. The lowest BCUT2D eigenvalue weighted by molar-refractivity contribution is -0.120. The summed E-state index contributed by atoms with van der Waals surface area (Å²) < 4.78 is 12.0. The third-order valence-corrected chi connectivity index (χ3v) is 3.43. The Balaban J connectivity index is 1.87. The molecule has 5 nitrogen and oxygen atoms in total. The highest BCUT2D eigenvalue weighted by Crippen LogP contribution is 2.38. The van der Waals surface area contributed by atoms with Gasteiger partial charge in [-0.05, 0) is 40.0 Å². The van der Waals surface area contributed by atoms with Gasteiger partial charge in [-0.25, -0.2) is 0 Å². The molecular formula is C14H19BrN2O3. The molecule has 0 aliphatic carbocycles. The molecule has 0 saturated heterocycles. The van der Waals surface area contributed by atoms with Gasteiger partial charge >= 0.3 is 0 Å². The quantitative estimate of drug-likeness (QED) is 0.828. The molecule has 0 fully saturated rings. The van der Waals surface area contributed by atoms with E-state index in [9.17, 15) is 4.79 Å². The Hall–Kier alpha value is -1.27. The summed E-state index contributed by atoms with van der Waals surface area (Å²) in [6.45, 7) is 4.80. The number of rotatable bonds is 6. The second-order valence-corrected chi connectivity index (χ2v) is 5.41. The maximum Gasteiger partial charge on any atom is 0.233 e. The number of hydrogen-bond acceptors (Lipinski definition) is 4. The first-order valence-electron chi connectivity index (χ1n) is 6.76. The molecule has 0 aromatic heterocycles. The fraction of sp³-hybridized carbons (Fsp3) is 0.500. The van der Waals surface area contributed by atoms with Gasteiger partial charge in [-0.3, -0.25) is 4.79 Å². The van der Waals surface area contributed by atoms with Crippen molar-refractivity contribution in [3.63, 3.8) is 0 Å². The molecule has 20 heavy (non-hydrogen) atoms. The van der Waals surface area contributed by atoms with Crippen molar-refractivity contribution in [3.8, 4) is 11.5 Å². The van der Waals surface area contributed by atoms with Gasteiger partial charge in [-0.1, -0.05) is 6.92 Å². The van der Waals surface area contributed by atoms with E-state index in [2.05, 4.69) is 26.6 Å². The van der Waals surface area contributed by atoms with Gasteiger partial charge in [-0.2, -0.15) is 0 Å². The highest BCUT2D eigenvalue weighted by molar-refractivity contribution is 9.10. The van der Waals surface area contributed by atoms with Crippen LogP contribution in [0.2, 0.25) is 0 Å². The molecule has 0 spiro atoms. The Bertz CT molecular complexity index is 480. The summed E-state index contributed by atoms with van der Waals surface area (Å²) >= 11 is 3.48. The highest BCUT2D eigenvalue weighted by Gasteiger charge is 2.16. The summed E-state index contributed by atoms with van der Waals surface area (Å²) in [6.07, 6.45) is 0.945. The molecular weight excluding hydrogens is 324 g/mol. The molecule has 110 valence electrons. The van der Waals surface area contributed by atoms with Gasteiger partial charge in [0.05, 0.1) is 11.0 Å². The van der Waals surface area contributed by atoms with Gasteiger partial charge in [-0.15, -0.1) is 0 Å². The molecule has 1 amide bonds. The Morgan fingerprint density at radius 2 is 2.15 bits per heavy atom. The number of amides is 1. The first-order chi connectivity index (χ1) is 9.70. The van der Waals surface area contributed by atoms with Crippen molar-refractivity contribution in [1.29, 1.82) is 0 Å². The standard InChI is InChI=1S/C14H19BrN2O3/c1-2-3-17-13(18)9-16-8-10-6-11(15)14-12(7-10)19-4-5-20-14/h6-7,16H,2-5,8-9H2,1H3,(H,17,18). The summed E-state index contributed by atoms with van der Waals surface area (Å²) in [7, 11) is 0. The van der Waals surface area contributed by atoms with Gasteiger partial charge in [0.15, 0.2) is 11.5 Å². The zero-order chi connectivity index (χ0) is 14.4. The number of hydrogen-bond donors (Lipinski definition) is 2. The van der Waals surface area contributed by atoms with Gasteiger partial charge in [0, 0.05) is 13.1 Å². The van der Waals surface area contributed by atoms with Crippen LogP contribution in [0.5, 0.6) is 11.5 Å². The fourth-order valence-electron chi connectivity index (χ4n) is 1.91. The van der Waals surface area contributed by atoms with E-state index in [0.717, 1.165) is 34.5 Å². The lowest BCUT2D eigenvalue weighted by Crippen LogP contribution is -2.33. The molecule has 2 N–H and O–H groups in total. The van der Waals surface area contributed by atoms with E-state index >= 15 is 0 Å². The molecule has 1 aromatic carbocycles. The van der Waals surface area contributed by atoms with Crippen LogP contribution >= 0.6 is 15.9 Å². The molecule has 1 aliphatic rings. The Labute approximate surface area is 127 Å². The van der Waals surface area contributed by atoms with Crippen LogP contribution in [0.15, 0.2) is 16.6 Å². The number of fused-ring (bicyclic) bond motifs is 1. The van der Waals surface area contributed by atoms with Crippen LogP contribution in [0.1, 0.15) is 18.9 Å². The summed E-state index contributed by atoms with van der Waals surface area (Å²) in [6, 6.07) is 3.92. The summed E-state index contributed by atoms with van der Waals surface area (Å²) in [5, 5.41) is 5.94. The molecule has 1 aromatic rings. The molecule has 2 rings (SSSR count). The van der Waals surface area contributed by atoms with Crippen LogP contribution in [0.4, 0.5) is 0 Å². The van der Waals surface area contributed by atoms with E-state index in [1.54, 1.807) is 0 Å². The van der Waals surface area contributed by atoms with E-state index in [-0.39, 0.29) is 5.91 Å². The second-order valence-electron chi connectivity index (χ2n) is 4.56. The highest BCUT2D eigenvalue weighted by atomic mass is 79.9. The zero-order valence-electron chi connectivity index (χ0n) is 11.5. The minimum absolute atomic E-state index is 0.0171. The van der Waals surface area contributed by atoms with Gasteiger partial charge in [0.2, 0.25) is 5.91 Å². The predicted molar refractivity (Wildman–Crippen MR) is 80.1 cm³/mol. The van der Waals surface area contributed by atoms with Crippen molar-refractivity contribution in [1.82, 2.24) is 10.6 Å². The topological polar surface area (TPSA) is 59.6 Å². The van der Waals surface area contributed by atoms with Crippen LogP contribution in [-0.2, 0) is 11.3 Å². The van der Waals surface area contributed by atoms with E-state index in [4.69, 9.17) is 9.47 Å². The average Bonchev–Trinajstić information content (AvgIpc) is 2.45. The Morgan fingerprint density at radius 1 is 1.35 bits per heavy atom. The van der Waals surface area contributed by atoms with E-state index in [0.29, 0.717) is 26.3 Å². The van der Waals surface area contributed by atoms with Crippen LogP contribution in [0.25, 0.3) is 0 Å². The first-order valence-corrected chi connectivity index (χ1v) is 7.55. The van der Waals surface area contributed by atoms with Crippen LogP contribution in [0.3, 0.4) is 0 Å². The summed E-state index contributed by atoms with van der Waals surface area (Å²) in [5.41, 5.74) is 1.05. The molecule has 1 heterocycles. The minimum atomic E-state index is 0.0171. The molecule has 0 atom stereocenters. The second kappa shape index (κ2) is 7.50. The first kappa shape index (κ1) is 15.1. The van der Waals surface area contributed by atoms with Gasteiger partial charge in [0.1, 0.15) is 13.2 Å². The van der Waals surface area contributed by atoms with Crippen molar-refractivity contribution < 1.29 is 14.3 Å². The van der Waals surface area contributed by atoms with Crippen LogP contribution in [-0.4, -0.2) is 32.2 Å². The normalized spacial score (nSPS) is 13.1. The molecule has 0 bridgehead atoms. The Kier molecular flexibility index (Phi) is 5.67. The van der Waals surface area contributed by atoms with Crippen LogP contribution in [0, 0.1) is 0 Å². The van der Waals surface area contributed by atoms with Gasteiger partial charge < -0.3 is 20.1 Å². The lowest BCUT2D eigenvalue weighted by atomic mass is 10.2. The number of carbonyl (C=O) groups is 1. The van der Waals surface area contributed by atoms with Crippen molar-refractivity contribution in [2.75, 3.05) is 26.3 Å². The molecule has 0 saturated carbocycles. The monoisotopic (exact) mass is 342 g/mol. The molecule has 0 unspecified atom stereocenters. The maximum atomic E-state index is 11.5. The Morgan fingerprint density at radius 3 is 2.95 bits per heavy atom. The molecule has 1 aliphatic heterocycles. The van der Waals surface area contributed by atoms with E-state index in [1.807, 2.05) is 19.1 Å². The van der Waals surface area contributed by atoms with Crippen molar-refractivity contribution >= 4 is 21.8 Å². The third kappa shape index (κ3) is 4.11. The lowest BCUT2D eigenvalue weighted by Gasteiger charge is -2.20. The number of nitrogens with one attached hydrogen (secondary N) is 2. The van der Waals surface area contributed by atoms with E-state index < -0.39 is 0 Å². The molecule has 0 radical (unpaired) electrons. The van der Waals surface area contributed by atoms with E-state index in [1.165, 1.54) is 0 Å². The maximum absolute atomic E-state index is 11.5. The SMILES string of the molecule is CCCNC(=O)CNCc1cc(Br)c2c(c1)OCCO2. The number of halogens is 1. The van der Waals surface area contributed by atoms with Crippen molar-refractivity contribution in [2.45, 2.75) is 19.9 Å². The van der Waals surface area contributed by atoms with Crippen molar-refractivity contribution in [3.05, 3.63) is 22.2 Å². The van der Waals surface area contributed by atoms with Crippen LogP contribution < -0.4 is 20.1 Å². The fourth-order valence-corrected chi connectivity index (χ4v) is 2.52.